The Balaban J connectivity index is -0.000000217. The summed E-state index contributed by atoms with van der Waals surface area (Å²) in [5.41, 5.74) is 0. The molecular weight excluding hydrogens is 679 g/mol. The zero-order valence-electron chi connectivity index (χ0n) is 27.0. The maximum atomic E-state index is 10.4. The maximum absolute atomic E-state index is 10.4. The average molecular weight is 750 g/mol. The quantitative estimate of drug-likeness (QED) is 0.0212. The molecule has 0 aliphatic carbocycles. The minimum Gasteiger partial charge on any atom is -0.462 e. The molecule has 0 aliphatic rings. The number of aliphatic hydroxyl groups is 1. The van der Waals surface area contributed by atoms with E-state index in [1.807, 2.05) is 0 Å². The number of ether oxygens (including phenoxy) is 1. The molecule has 40 heavy (non-hydrogen) atoms. The SMILES string of the molecule is CCCCCCCCCCS.CCCCCCCCCCS.CCC[CH2][Sn][CH2]CCC.O=C(OCCO)C(S)S. The van der Waals surface area contributed by atoms with Crippen molar-refractivity contribution in [1.29, 1.82) is 0 Å². The van der Waals surface area contributed by atoms with Crippen molar-refractivity contribution < 1.29 is 14.6 Å². The van der Waals surface area contributed by atoms with Crippen molar-refractivity contribution in [3.05, 3.63) is 0 Å². The second-order valence-corrected chi connectivity index (χ2v) is 16.7. The number of hydrogen-bond acceptors (Lipinski definition) is 7. The summed E-state index contributed by atoms with van der Waals surface area (Å²) in [4.78, 5) is 10.4. The molecule has 0 bridgehead atoms. The van der Waals surface area contributed by atoms with Gasteiger partial charge in [-0.3, -0.25) is 0 Å². The van der Waals surface area contributed by atoms with Crippen molar-refractivity contribution >= 4 is 77.6 Å². The van der Waals surface area contributed by atoms with Gasteiger partial charge in [0.2, 0.25) is 0 Å². The van der Waals surface area contributed by atoms with Crippen molar-refractivity contribution in [2.24, 2.45) is 0 Å². The molecule has 0 aromatic rings. The Labute approximate surface area is 284 Å². The Morgan fingerprint density at radius 3 is 1.20 bits per heavy atom. The number of thiol groups is 4. The zero-order chi connectivity index (χ0) is 31.0. The summed E-state index contributed by atoms with van der Waals surface area (Å²) in [6.45, 7) is 8.96. The van der Waals surface area contributed by atoms with Gasteiger partial charge in [-0.2, -0.15) is 50.5 Å². The second-order valence-electron chi connectivity index (χ2n) is 10.1. The van der Waals surface area contributed by atoms with E-state index in [0.717, 1.165) is 11.5 Å². The Morgan fingerprint density at radius 1 is 0.600 bits per heavy atom. The molecule has 0 heterocycles. The molecule has 2 radical (unpaired) electrons. The average Bonchev–Trinajstić information content (AvgIpc) is 2.96. The van der Waals surface area contributed by atoms with E-state index in [1.54, 1.807) is 8.87 Å². The first kappa shape index (κ1) is 48.5. The summed E-state index contributed by atoms with van der Waals surface area (Å²) in [6.07, 6.45) is 28.3. The van der Waals surface area contributed by atoms with E-state index in [2.05, 4.69) is 82.9 Å². The largest absolute Gasteiger partial charge is 0.462 e. The number of rotatable bonds is 25. The molecule has 0 unspecified atom stereocenters. The Morgan fingerprint density at radius 2 is 0.925 bits per heavy atom. The summed E-state index contributed by atoms with van der Waals surface area (Å²) in [6, 6.07) is 0. The number of esters is 1. The summed E-state index contributed by atoms with van der Waals surface area (Å²) >= 11 is 15.9. The van der Waals surface area contributed by atoms with Crippen LogP contribution >= 0.6 is 50.5 Å². The van der Waals surface area contributed by atoms with Gasteiger partial charge >= 0.3 is 75.5 Å². The van der Waals surface area contributed by atoms with Crippen molar-refractivity contribution in [2.75, 3.05) is 24.7 Å². The van der Waals surface area contributed by atoms with Gasteiger partial charge < -0.3 is 9.84 Å². The smallest absolute Gasteiger partial charge is 0.328 e. The molecule has 0 aliphatic heterocycles. The van der Waals surface area contributed by atoms with Crippen LogP contribution < -0.4 is 0 Å². The predicted octanol–water partition coefficient (Wildman–Crippen LogP) is 10.9. The van der Waals surface area contributed by atoms with Crippen LogP contribution in [0, 0.1) is 0 Å². The van der Waals surface area contributed by atoms with E-state index in [0.29, 0.717) is 0 Å². The van der Waals surface area contributed by atoms with Crippen LogP contribution in [0.5, 0.6) is 0 Å². The summed E-state index contributed by atoms with van der Waals surface area (Å²) in [5.74, 6) is 1.60. The molecule has 0 fully saturated rings. The Hall–Kier alpha value is 1.63. The molecule has 0 aromatic carbocycles. The first-order valence-electron chi connectivity index (χ1n) is 16.5. The third kappa shape index (κ3) is 59.1. The molecule has 8 heteroatoms. The minimum atomic E-state index is -0.712. The molecule has 3 nitrogen and oxygen atoms in total. The van der Waals surface area contributed by atoms with Crippen LogP contribution in [0.1, 0.15) is 156 Å². The van der Waals surface area contributed by atoms with E-state index in [-0.39, 0.29) is 34.4 Å². The van der Waals surface area contributed by atoms with Crippen LogP contribution in [-0.4, -0.2) is 61.5 Å². The standard InChI is InChI=1S/2C10H22S.C4H8O3S2.2C4H9.Sn/c2*1-2-3-4-5-6-7-8-9-10-11;5-1-2-7-3(6)4(8)9;2*1-3-4-2;/h2*11H,2-10H2,1H3;4-5,8-9H,1-2H2;2*1,3-4H2,2H3;. The van der Waals surface area contributed by atoms with Crippen LogP contribution in [0.3, 0.4) is 0 Å². The van der Waals surface area contributed by atoms with Crippen LogP contribution in [0.4, 0.5) is 0 Å². The second kappa shape index (κ2) is 50.3. The summed E-state index contributed by atoms with van der Waals surface area (Å²) < 4.78 is 6.95. The van der Waals surface area contributed by atoms with E-state index >= 15 is 0 Å². The Bertz CT molecular complexity index is 380. The fourth-order valence-electron chi connectivity index (χ4n) is 3.44. The van der Waals surface area contributed by atoms with Gasteiger partial charge in [-0.05, 0) is 24.3 Å². The van der Waals surface area contributed by atoms with Gasteiger partial charge in [-0.25, -0.2) is 4.79 Å². The van der Waals surface area contributed by atoms with E-state index < -0.39 is 10.6 Å². The number of carbonyl (C=O) groups is 1. The summed E-state index contributed by atoms with van der Waals surface area (Å²) in [5, 5.41) is 8.17. The number of aliphatic hydroxyl groups excluding tert-OH is 1. The van der Waals surface area contributed by atoms with Crippen molar-refractivity contribution in [2.45, 2.75) is 170 Å². The van der Waals surface area contributed by atoms with E-state index in [1.165, 1.54) is 128 Å². The molecule has 0 aromatic heterocycles. The number of carbonyl (C=O) groups excluding carboxylic acids is 1. The first-order chi connectivity index (χ1) is 19.4. The van der Waals surface area contributed by atoms with Crippen LogP contribution in [-0.2, 0) is 9.53 Å². The van der Waals surface area contributed by atoms with Crippen molar-refractivity contribution in [3.63, 3.8) is 0 Å². The van der Waals surface area contributed by atoms with Crippen molar-refractivity contribution in [3.8, 4) is 0 Å². The van der Waals surface area contributed by atoms with Gasteiger partial charge in [0.15, 0.2) is 0 Å². The third-order valence-corrected chi connectivity index (χ3v) is 11.1. The van der Waals surface area contributed by atoms with Crippen LogP contribution in [0.15, 0.2) is 0 Å². The van der Waals surface area contributed by atoms with E-state index in [4.69, 9.17) is 5.11 Å². The molecule has 1 N–H and O–H groups in total. The molecule has 0 amide bonds. The van der Waals surface area contributed by atoms with Crippen LogP contribution in [0.2, 0.25) is 8.87 Å². The normalized spacial score (nSPS) is 10.2. The van der Waals surface area contributed by atoms with Gasteiger partial charge in [0.25, 0.3) is 0 Å². The van der Waals surface area contributed by atoms with E-state index in [9.17, 15) is 4.79 Å². The van der Waals surface area contributed by atoms with Crippen molar-refractivity contribution in [1.82, 2.24) is 0 Å². The fraction of sp³-hybridized carbons (Fsp3) is 0.969. The third-order valence-electron chi connectivity index (χ3n) is 5.98. The molecule has 0 saturated heterocycles. The van der Waals surface area contributed by atoms with Gasteiger partial charge in [-0.1, -0.05) is 104 Å². The van der Waals surface area contributed by atoms with Gasteiger partial charge in [0, 0.05) is 0 Å². The molecule has 0 spiro atoms. The molecule has 0 saturated carbocycles. The van der Waals surface area contributed by atoms with Gasteiger partial charge in [0.05, 0.1) is 6.61 Å². The maximum Gasteiger partial charge on any atom is 0.328 e. The first-order valence-corrected chi connectivity index (χ1v) is 22.8. The zero-order valence-corrected chi connectivity index (χ0v) is 33.4. The number of hydrogen-bond donors (Lipinski definition) is 5. The molecule has 0 atom stereocenters. The topological polar surface area (TPSA) is 46.5 Å². The number of unbranched alkanes of at least 4 members (excludes halogenated alkanes) is 16. The van der Waals surface area contributed by atoms with Gasteiger partial charge in [0.1, 0.15) is 11.2 Å². The van der Waals surface area contributed by atoms with Gasteiger partial charge in [-0.15, -0.1) is 0 Å². The molecule has 0 rings (SSSR count). The monoisotopic (exact) mass is 750 g/mol. The molecule has 244 valence electrons. The minimum absolute atomic E-state index is 0.0104. The van der Waals surface area contributed by atoms with Crippen LogP contribution in [0.25, 0.3) is 0 Å². The summed E-state index contributed by atoms with van der Waals surface area (Å²) in [7, 11) is 0. The predicted molar refractivity (Wildman–Crippen MR) is 198 cm³/mol. The Kier molecular flexibility index (Phi) is 61.0. The molecular formula is C32H70O3S4Sn. The fourth-order valence-corrected chi connectivity index (χ4v) is 8.20.